The first-order chi connectivity index (χ1) is 23.2. The lowest BCUT2D eigenvalue weighted by molar-refractivity contribution is 0.636. The fourth-order valence-electron chi connectivity index (χ4n) is 6.49. The van der Waals surface area contributed by atoms with Crippen molar-refractivity contribution in [2.24, 2.45) is 9.98 Å². The summed E-state index contributed by atoms with van der Waals surface area (Å²) in [6, 6.07) is 50.0. The number of benzene rings is 6. The molecule has 47 heavy (non-hydrogen) atoms. The number of rotatable bonds is 6. The van der Waals surface area contributed by atoms with Crippen molar-refractivity contribution >= 4 is 44.9 Å². The molecule has 0 fully saturated rings. The molecule has 2 heterocycles. The largest absolute Gasteiger partial charge is 0.440 e. The third-order valence-electron chi connectivity index (χ3n) is 8.76. The van der Waals surface area contributed by atoms with Gasteiger partial charge in [0.1, 0.15) is 17.6 Å². The second-order valence-corrected chi connectivity index (χ2v) is 11.6. The predicted octanol–water partition coefficient (Wildman–Crippen LogP) is 9.78. The maximum Gasteiger partial charge on any atom is 0.199 e. The highest BCUT2D eigenvalue weighted by Gasteiger charge is 2.23. The molecule has 0 spiro atoms. The maximum absolute atomic E-state index is 6.38. The summed E-state index contributed by atoms with van der Waals surface area (Å²) in [6.45, 7) is 2.04. The molecule has 0 amide bonds. The van der Waals surface area contributed by atoms with E-state index in [0.29, 0.717) is 11.7 Å². The number of furan rings is 1. The van der Waals surface area contributed by atoms with Crippen LogP contribution in [0.3, 0.4) is 0 Å². The van der Waals surface area contributed by atoms with Crippen LogP contribution in [0.1, 0.15) is 40.9 Å². The number of aliphatic imine (C=N–C) groups is 2. The normalized spacial score (nSPS) is 14.9. The lowest BCUT2D eigenvalue weighted by Gasteiger charge is -2.24. The number of para-hydroxylation sites is 1. The molecule has 3 N–H and O–H groups in total. The minimum atomic E-state index is -0.257. The van der Waals surface area contributed by atoms with Crippen LogP contribution in [0.2, 0.25) is 0 Å². The van der Waals surface area contributed by atoms with Gasteiger partial charge >= 0.3 is 0 Å². The van der Waals surface area contributed by atoms with Gasteiger partial charge in [-0.15, -0.1) is 0 Å². The van der Waals surface area contributed by atoms with Crippen LogP contribution in [0.15, 0.2) is 166 Å². The van der Waals surface area contributed by atoms with Crippen LogP contribution >= 0.6 is 0 Å². The molecule has 7 aromatic rings. The summed E-state index contributed by atoms with van der Waals surface area (Å²) < 4.78 is 5.88. The zero-order valence-corrected chi connectivity index (χ0v) is 25.9. The molecule has 226 valence electrons. The van der Waals surface area contributed by atoms with E-state index < -0.39 is 0 Å². The van der Waals surface area contributed by atoms with Crippen molar-refractivity contribution in [2.45, 2.75) is 13.1 Å². The van der Waals surface area contributed by atoms with Gasteiger partial charge in [0, 0.05) is 16.5 Å². The number of nitrogens with one attached hydrogen (secondary N) is 1. The minimum Gasteiger partial charge on any atom is -0.440 e. The van der Waals surface area contributed by atoms with E-state index >= 15 is 0 Å². The first-order valence-electron chi connectivity index (χ1n) is 15.8. The maximum atomic E-state index is 6.38. The van der Waals surface area contributed by atoms with Crippen molar-refractivity contribution in [3.05, 3.63) is 179 Å². The van der Waals surface area contributed by atoms with Crippen LogP contribution in [0.4, 0.5) is 5.88 Å². The summed E-state index contributed by atoms with van der Waals surface area (Å²) in [5.41, 5.74) is 15.6. The van der Waals surface area contributed by atoms with Crippen molar-refractivity contribution < 1.29 is 4.42 Å². The van der Waals surface area contributed by atoms with Crippen LogP contribution in [0.5, 0.6) is 0 Å². The SMILES string of the molecule is C/C=C(/c1ccc(-c2ccc(C3=NC(c4ccccc4)=NC(c4ccccc4)N3)c3ccccc23)cc1)c1c(N)oc2ccccc12. The summed E-state index contributed by atoms with van der Waals surface area (Å²) in [6.07, 6.45) is 1.84. The molecular weight excluding hydrogens is 576 g/mol. The molecular formula is C42H32N4O. The number of amidine groups is 2. The van der Waals surface area contributed by atoms with Gasteiger partial charge in [0.25, 0.3) is 0 Å². The molecule has 0 saturated carbocycles. The monoisotopic (exact) mass is 608 g/mol. The second kappa shape index (κ2) is 12.0. The Kier molecular flexibility index (Phi) is 7.19. The lowest BCUT2D eigenvalue weighted by atomic mass is 9.91. The Hall–Kier alpha value is -6.20. The van der Waals surface area contributed by atoms with Gasteiger partial charge in [-0.2, -0.15) is 0 Å². The summed E-state index contributed by atoms with van der Waals surface area (Å²) in [7, 11) is 0. The standard InChI is InChI=1S/C42H32N4O/c1-2-31(38-36-19-11-12-20-37(36)47-39(38)43)27-21-23-28(24-22-27)32-25-26-35(34-18-10-9-17-33(32)34)42-45-40(29-13-5-3-6-14-29)44-41(46-42)30-15-7-4-8-16-30/h2-26,40H,43H2,1H3,(H,44,45,46)/b31-2-. The van der Waals surface area contributed by atoms with Gasteiger partial charge < -0.3 is 15.5 Å². The van der Waals surface area contributed by atoms with Crippen LogP contribution in [-0.2, 0) is 0 Å². The van der Waals surface area contributed by atoms with Crippen molar-refractivity contribution in [1.29, 1.82) is 0 Å². The summed E-state index contributed by atoms with van der Waals surface area (Å²) in [4.78, 5) is 10.1. The van der Waals surface area contributed by atoms with E-state index in [9.17, 15) is 0 Å². The smallest absolute Gasteiger partial charge is 0.199 e. The summed E-state index contributed by atoms with van der Waals surface area (Å²) >= 11 is 0. The quantitative estimate of drug-likeness (QED) is 0.197. The Labute approximate surface area is 273 Å². The van der Waals surface area contributed by atoms with Crippen molar-refractivity contribution in [3.8, 4) is 11.1 Å². The fourth-order valence-corrected chi connectivity index (χ4v) is 6.49. The number of fused-ring (bicyclic) bond motifs is 2. The number of nitrogen functional groups attached to an aromatic ring is 1. The van der Waals surface area contributed by atoms with Gasteiger partial charge in [0.2, 0.25) is 0 Å². The minimum absolute atomic E-state index is 0.257. The molecule has 8 rings (SSSR count). The lowest BCUT2D eigenvalue weighted by Crippen LogP contribution is -2.33. The van der Waals surface area contributed by atoms with E-state index in [1.807, 2.05) is 61.5 Å². The summed E-state index contributed by atoms with van der Waals surface area (Å²) in [5, 5.41) is 6.91. The second-order valence-electron chi connectivity index (χ2n) is 11.6. The number of anilines is 1. The van der Waals surface area contributed by atoms with E-state index in [1.165, 1.54) is 0 Å². The Morgan fingerprint density at radius 1 is 0.660 bits per heavy atom. The molecule has 1 unspecified atom stereocenters. The van der Waals surface area contributed by atoms with Crippen molar-refractivity contribution in [3.63, 3.8) is 0 Å². The highest BCUT2D eigenvalue weighted by molar-refractivity contribution is 6.19. The molecule has 0 radical (unpaired) electrons. The molecule has 1 atom stereocenters. The van der Waals surface area contributed by atoms with Gasteiger partial charge in [-0.05, 0) is 51.6 Å². The molecule has 1 aliphatic heterocycles. The van der Waals surface area contributed by atoms with Gasteiger partial charge in [0.05, 0.1) is 5.56 Å². The van der Waals surface area contributed by atoms with E-state index in [1.54, 1.807) is 0 Å². The molecule has 1 aliphatic rings. The van der Waals surface area contributed by atoms with Gasteiger partial charge in [-0.3, -0.25) is 0 Å². The van der Waals surface area contributed by atoms with Crippen LogP contribution < -0.4 is 11.1 Å². The Morgan fingerprint density at radius 2 is 1.28 bits per heavy atom. The Balaban J connectivity index is 1.19. The highest BCUT2D eigenvalue weighted by atomic mass is 16.3. The fraction of sp³-hybridized carbons (Fsp3) is 0.0476. The number of hydrogen-bond donors (Lipinski definition) is 2. The third kappa shape index (κ3) is 5.18. The average Bonchev–Trinajstić information content (AvgIpc) is 3.47. The van der Waals surface area contributed by atoms with Crippen LogP contribution in [-0.4, -0.2) is 11.7 Å². The van der Waals surface area contributed by atoms with E-state index in [0.717, 1.165) is 72.1 Å². The van der Waals surface area contributed by atoms with E-state index in [-0.39, 0.29) is 6.17 Å². The highest BCUT2D eigenvalue weighted by Crippen LogP contribution is 2.38. The topological polar surface area (TPSA) is 75.9 Å². The third-order valence-corrected chi connectivity index (χ3v) is 8.76. The Morgan fingerprint density at radius 3 is 2.00 bits per heavy atom. The number of nitrogens with two attached hydrogens (primary N) is 1. The van der Waals surface area contributed by atoms with Crippen LogP contribution in [0.25, 0.3) is 38.4 Å². The van der Waals surface area contributed by atoms with E-state index in [4.69, 9.17) is 20.1 Å². The predicted molar refractivity (Wildman–Crippen MR) is 195 cm³/mol. The molecule has 5 heteroatoms. The first-order valence-corrected chi connectivity index (χ1v) is 15.8. The molecule has 0 saturated heterocycles. The van der Waals surface area contributed by atoms with Gasteiger partial charge in [-0.1, -0.05) is 146 Å². The molecule has 0 aliphatic carbocycles. The number of hydrogen-bond acceptors (Lipinski definition) is 5. The molecule has 5 nitrogen and oxygen atoms in total. The number of allylic oxidation sites excluding steroid dienone is 1. The Bertz CT molecular complexity index is 2330. The molecule has 6 aromatic carbocycles. The molecule has 0 bridgehead atoms. The van der Waals surface area contributed by atoms with E-state index in [2.05, 4.69) is 102 Å². The number of nitrogens with zero attached hydrogens (tertiary/aromatic N) is 2. The first kappa shape index (κ1) is 28.3. The van der Waals surface area contributed by atoms with Crippen molar-refractivity contribution in [2.75, 3.05) is 5.73 Å². The molecule has 1 aromatic heterocycles. The summed E-state index contributed by atoms with van der Waals surface area (Å²) in [5.74, 6) is 1.94. The van der Waals surface area contributed by atoms with Crippen molar-refractivity contribution in [1.82, 2.24) is 5.32 Å². The van der Waals surface area contributed by atoms with Gasteiger partial charge in [0.15, 0.2) is 11.7 Å². The zero-order valence-electron chi connectivity index (χ0n) is 25.9. The van der Waals surface area contributed by atoms with Crippen LogP contribution in [0, 0.1) is 0 Å². The zero-order chi connectivity index (χ0) is 31.7. The van der Waals surface area contributed by atoms with Gasteiger partial charge in [-0.25, -0.2) is 9.98 Å². The average molecular weight is 609 g/mol.